The molecule has 0 unspecified atom stereocenters. The molecule has 5 heteroatoms. The molecule has 0 spiro atoms. The number of hydrogen-bond donors (Lipinski definition) is 1. The Kier molecular flexibility index (Phi) is 4.04. The Morgan fingerprint density at radius 3 is 2.42 bits per heavy atom. The van der Waals surface area contributed by atoms with Gasteiger partial charge in [0.2, 0.25) is 0 Å². The number of nitro benzene ring substituents is 1. The van der Waals surface area contributed by atoms with E-state index in [0.717, 1.165) is 37.0 Å². The van der Waals surface area contributed by atoms with E-state index in [1.807, 2.05) is 6.92 Å². The van der Waals surface area contributed by atoms with E-state index in [2.05, 4.69) is 0 Å². The second kappa shape index (κ2) is 5.57. The van der Waals surface area contributed by atoms with Crippen molar-refractivity contribution >= 4 is 5.69 Å². The zero-order valence-corrected chi connectivity index (χ0v) is 11.4. The fourth-order valence-electron chi connectivity index (χ4n) is 2.48. The molecule has 0 aliphatic heterocycles. The lowest BCUT2D eigenvalue weighted by Crippen LogP contribution is -2.31. The van der Waals surface area contributed by atoms with Crippen LogP contribution in [-0.4, -0.2) is 17.1 Å². The predicted octanol–water partition coefficient (Wildman–Crippen LogP) is 2.86. The number of nitrogens with two attached hydrogens (primary N) is 1. The van der Waals surface area contributed by atoms with Crippen LogP contribution >= 0.6 is 0 Å². The molecule has 0 amide bonds. The predicted molar refractivity (Wildman–Crippen MR) is 73.4 cm³/mol. The van der Waals surface area contributed by atoms with Gasteiger partial charge in [-0.25, -0.2) is 0 Å². The molecule has 2 N–H and O–H groups in total. The Morgan fingerprint density at radius 2 is 1.84 bits per heavy atom. The van der Waals surface area contributed by atoms with E-state index < -0.39 is 0 Å². The molecule has 0 aromatic heterocycles. The van der Waals surface area contributed by atoms with Crippen LogP contribution in [0, 0.1) is 24.0 Å². The lowest BCUT2D eigenvalue weighted by atomic mass is 9.93. The first-order valence-electron chi connectivity index (χ1n) is 6.65. The highest BCUT2D eigenvalue weighted by Crippen LogP contribution is 2.30. The van der Waals surface area contributed by atoms with E-state index in [-0.39, 0.29) is 16.7 Å². The molecule has 19 heavy (non-hydrogen) atoms. The number of nitrogens with zero attached hydrogens (tertiary/aromatic N) is 1. The average molecular weight is 264 g/mol. The highest BCUT2D eigenvalue weighted by atomic mass is 16.6. The van der Waals surface area contributed by atoms with Gasteiger partial charge >= 0.3 is 0 Å². The van der Waals surface area contributed by atoms with E-state index in [0.29, 0.717) is 11.6 Å². The summed E-state index contributed by atoms with van der Waals surface area (Å²) in [4.78, 5) is 10.5. The summed E-state index contributed by atoms with van der Waals surface area (Å²) in [6.07, 6.45) is 4.05. The molecule has 1 aromatic carbocycles. The molecule has 1 fully saturated rings. The van der Waals surface area contributed by atoms with Gasteiger partial charge < -0.3 is 10.5 Å². The van der Waals surface area contributed by atoms with Gasteiger partial charge in [0.15, 0.2) is 0 Å². The number of rotatable bonds is 3. The Morgan fingerprint density at radius 1 is 1.21 bits per heavy atom. The molecular weight excluding hydrogens is 244 g/mol. The van der Waals surface area contributed by atoms with Gasteiger partial charge in [-0.2, -0.15) is 0 Å². The number of ether oxygens (including phenoxy) is 1. The minimum Gasteiger partial charge on any atom is -0.490 e. The van der Waals surface area contributed by atoms with Crippen LogP contribution in [0.15, 0.2) is 12.1 Å². The fraction of sp³-hybridized carbons (Fsp3) is 0.571. The van der Waals surface area contributed by atoms with Crippen LogP contribution in [0.3, 0.4) is 0 Å². The molecule has 0 radical (unpaired) electrons. The molecule has 1 aromatic rings. The average Bonchev–Trinajstić information content (AvgIpc) is 2.35. The SMILES string of the molecule is Cc1cc([N+](=O)[O-])c(C)cc1OC1CCC(N)CC1. The van der Waals surface area contributed by atoms with Crippen LogP contribution in [0.5, 0.6) is 5.75 Å². The van der Waals surface area contributed by atoms with Crippen molar-refractivity contribution in [2.24, 2.45) is 5.73 Å². The standard InChI is InChI=1S/C14H20N2O3/c1-9-8-14(10(2)7-13(9)16(17)18)19-12-5-3-11(15)4-6-12/h7-8,11-12H,3-6,15H2,1-2H3. The van der Waals surface area contributed by atoms with Crippen LogP contribution in [0.4, 0.5) is 5.69 Å². The van der Waals surface area contributed by atoms with Crippen LogP contribution in [0.2, 0.25) is 0 Å². The molecule has 0 heterocycles. The first-order valence-corrected chi connectivity index (χ1v) is 6.65. The number of benzene rings is 1. The maximum absolute atomic E-state index is 10.9. The summed E-state index contributed by atoms with van der Waals surface area (Å²) in [6.45, 7) is 3.58. The van der Waals surface area contributed by atoms with Gasteiger partial charge in [-0.3, -0.25) is 10.1 Å². The highest BCUT2D eigenvalue weighted by molar-refractivity contribution is 5.49. The van der Waals surface area contributed by atoms with Crippen LogP contribution in [0.1, 0.15) is 36.8 Å². The van der Waals surface area contributed by atoms with Gasteiger partial charge in [0, 0.05) is 17.7 Å². The maximum Gasteiger partial charge on any atom is 0.272 e. The molecule has 1 aliphatic carbocycles. The quantitative estimate of drug-likeness (QED) is 0.672. The molecular formula is C14H20N2O3. The van der Waals surface area contributed by atoms with Crippen molar-refractivity contribution in [1.29, 1.82) is 0 Å². The Balaban J connectivity index is 2.13. The van der Waals surface area contributed by atoms with Crippen molar-refractivity contribution in [3.8, 4) is 5.75 Å². The Bertz CT molecular complexity index is 480. The van der Waals surface area contributed by atoms with Crippen molar-refractivity contribution in [2.75, 3.05) is 0 Å². The third-order valence-electron chi connectivity index (χ3n) is 3.70. The smallest absolute Gasteiger partial charge is 0.272 e. The van der Waals surface area contributed by atoms with Gasteiger partial charge in [-0.1, -0.05) is 0 Å². The zero-order chi connectivity index (χ0) is 14.0. The number of aryl methyl sites for hydroxylation is 2. The minimum absolute atomic E-state index is 0.149. The molecule has 0 atom stereocenters. The first kappa shape index (κ1) is 13.8. The summed E-state index contributed by atoms with van der Waals surface area (Å²) in [6, 6.07) is 3.64. The summed E-state index contributed by atoms with van der Waals surface area (Å²) in [5.41, 5.74) is 7.46. The molecule has 1 aliphatic rings. The van der Waals surface area contributed by atoms with Gasteiger partial charge in [-0.05, 0) is 51.2 Å². The van der Waals surface area contributed by atoms with Crippen LogP contribution in [-0.2, 0) is 0 Å². The summed E-state index contributed by atoms with van der Waals surface area (Å²) in [5.74, 6) is 0.753. The second-order valence-electron chi connectivity index (χ2n) is 5.32. The fourth-order valence-corrected chi connectivity index (χ4v) is 2.48. The molecule has 2 rings (SSSR count). The van der Waals surface area contributed by atoms with Crippen molar-refractivity contribution in [2.45, 2.75) is 51.7 Å². The maximum atomic E-state index is 10.9. The third-order valence-corrected chi connectivity index (χ3v) is 3.70. The Hall–Kier alpha value is -1.62. The molecule has 1 saturated carbocycles. The highest BCUT2D eigenvalue weighted by Gasteiger charge is 2.21. The molecule has 0 saturated heterocycles. The lowest BCUT2D eigenvalue weighted by Gasteiger charge is -2.27. The van der Waals surface area contributed by atoms with Gasteiger partial charge in [0.1, 0.15) is 5.75 Å². The third kappa shape index (κ3) is 3.23. The normalized spacial score (nSPS) is 23.1. The largest absolute Gasteiger partial charge is 0.490 e. The van der Waals surface area contributed by atoms with Gasteiger partial charge in [0.05, 0.1) is 11.0 Å². The van der Waals surface area contributed by atoms with Gasteiger partial charge in [0.25, 0.3) is 5.69 Å². The topological polar surface area (TPSA) is 78.4 Å². The first-order chi connectivity index (χ1) is 8.97. The summed E-state index contributed by atoms with van der Waals surface area (Å²) in [5, 5.41) is 10.9. The summed E-state index contributed by atoms with van der Waals surface area (Å²) in [7, 11) is 0. The summed E-state index contributed by atoms with van der Waals surface area (Å²) < 4.78 is 5.97. The van der Waals surface area contributed by atoms with E-state index in [1.165, 1.54) is 0 Å². The van der Waals surface area contributed by atoms with Crippen molar-refractivity contribution in [1.82, 2.24) is 0 Å². The second-order valence-corrected chi connectivity index (χ2v) is 5.32. The van der Waals surface area contributed by atoms with Crippen LogP contribution < -0.4 is 10.5 Å². The molecule has 104 valence electrons. The van der Waals surface area contributed by atoms with E-state index in [4.69, 9.17) is 10.5 Å². The Labute approximate surface area is 112 Å². The summed E-state index contributed by atoms with van der Waals surface area (Å²) >= 11 is 0. The molecule has 0 bridgehead atoms. The lowest BCUT2D eigenvalue weighted by molar-refractivity contribution is -0.385. The molecule has 5 nitrogen and oxygen atoms in total. The van der Waals surface area contributed by atoms with Gasteiger partial charge in [-0.15, -0.1) is 0 Å². The number of hydrogen-bond acceptors (Lipinski definition) is 4. The van der Waals surface area contributed by atoms with E-state index in [9.17, 15) is 10.1 Å². The van der Waals surface area contributed by atoms with Crippen molar-refractivity contribution in [3.63, 3.8) is 0 Å². The minimum atomic E-state index is -0.355. The van der Waals surface area contributed by atoms with E-state index >= 15 is 0 Å². The zero-order valence-electron chi connectivity index (χ0n) is 11.4. The van der Waals surface area contributed by atoms with E-state index in [1.54, 1.807) is 19.1 Å². The number of nitro groups is 1. The van der Waals surface area contributed by atoms with Crippen LogP contribution in [0.25, 0.3) is 0 Å². The monoisotopic (exact) mass is 264 g/mol. The van der Waals surface area contributed by atoms with Crippen molar-refractivity contribution < 1.29 is 9.66 Å². The van der Waals surface area contributed by atoms with Crippen molar-refractivity contribution in [3.05, 3.63) is 33.4 Å².